The lowest BCUT2D eigenvalue weighted by molar-refractivity contribution is 0.462. The lowest BCUT2D eigenvalue weighted by Crippen LogP contribution is -2.27. The van der Waals surface area contributed by atoms with Crippen LogP contribution >= 0.6 is 15.9 Å². The maximum Gasteiger partial charge on any atom is 0.0220 e. The highest BCUT2D eigenvalue weighted by atomic mass is 79.9. The molecular formula is C13H20BrN. The van der Waals surface area contributed by atoms with E-state index in [-0.39, 0.29) is 0 Å². The summed E-state index contributed by atoms with van der Waals surface area (Å²) in [5, 5.41) is 3.60. The Labute approximate surface area is 101 Å². The van der Waals surface area contributed by atoms with E-state index < -0.39 is 0 Å². The van der Waals surface area contributed by atoms with Crippen molar-refractivity contribution in [2.75, 3.05) is 0 Å². The quantitative estimate of drug-likeness (QED) is 0.820. The van der Waals surface area contributed by atoms with Crippen molar-refractivity contribution in [1.82, 2.24) is 5.32 Å². The number of hydrogen-bond donors (Lipinski definition) is 1. The van der Waals surface area contributed by atoms with Crippen molar-refractivity contribution >= 4 is 15.9 Å². The van der Waals surface area contributed by atoms with Gasteiger partial charge in [-0.2, -0.15) is 0 Å². The topological polar surface area (TPSA) is 12.0 Å². The van der Waals surface area contributed by atoms with E-state index >= 15 is 0 Å². The van der Waals surface area contributed by atoms with Crippen molar-refractivity contribution in [3.05, 3.63) is 34.3 Å². The van der Waals surface area contributed by atoms with Crippen LogP contribution in [0.15, 0.2) is 28.7 Å². The molecule has 0 bridgehead atoms. The van der Waals surface area contributed by atoms with Gasteiger partial charge in [0.05, 0.1) is 0 Å². The van der Waals surface area contributed by atoms with E-state index in [2.05, 4.69) is 59.4 Å². The van der Waals surface area contributed by atoms with Crippen molar-refractivity contribution in [2.45, 2.75) is 45.7 Å². The Bertz CT molecular complexity index is 286. The van der Waals surface area contributed by atoms with E-state index in [0.717, 1.165) is 6.54 Å². The van der Waals surface area contributed by atoms with Crippen molar-refractivity contribution in [2.24, 2.45) is 0 Å². The van der Waals surface area contributed by atoms with Gasteiger partial charge < -0.3 is 5.32 Å². The Morgan fingerprint density at radius 2 is 2.00 bits per heavy atom. The van der Waals surface area contributed by atoms with E-state index in [4.69, 9.17) is 0 Å². The van der Waals surface area contributed by atoms with Crippen LogP contribution in [-0.4, -0.2) is 6.04 Å². The van der Waals surface area contributed by atoms with E-state index in [1.54, 1.807) is 0 Å². The number of halogens is 1. The van der Waals surface area contributed by atoms with Gasteiger partial charge in [-0.1, -0.05) is 54.4 Å². The van der Waals surface area contributed by atoms with E-state index in [1.807, 2.05) is 0 Å². The first kappa shape index (κ1) is 12.7. The lowest BCUT2D eigenvalue weighted by Gasteiger charge is -2.16. The summed E-state index contributed by atoms with van der Waals surface area (Å²) in [4.78, 5) is 0. The Hall–Kier alpha value is -0.340. The average molecular weight is 270 g/mol. The molecule has 1 aromatic rings. The molecule has 1 nitrogen and oxygen atoms in total. The molecule has 0 aliphatic heterocycles. The standard InChI is InChI=1S/C13H20BrN/c1-3-7-12(4-2)15-10-11-8-5-6-9-13(11)14/h5-6,8-9,12,15H,3-4,7,10H2,1-2H3. The van der Waals surface area contributed by atoms with E-state index in [9.17, 15) is 0 Å². The fourth-order valence-electron chi connectivity index (χ4n) is 1.70. The van der Waals surface area contributed by atoms with E-state index in [1.165, 1.54) is 29.3 Å². The molecule has 0 fully saturated rings. The van der Waals surface area contributed by atoms with Crippen LogP contribution < -0.4 is 5.32 Å². The van der Waals surface area contributed by atoms with Gasteiger partial charge in [0, 0.05) is 17.1 Å². The number of hydrogen-bond acceptors (Lipinski definition) is 1. The molecule has 0 heterocycles. The maximum absolute atomic E-state index is 3.60. The van der Waals surface area contributed by atoms with Gasteiger partial charge in [-0.05, 0) is 24.5 Å². The summed E-state index contributed by atoms with van der Waals surface area (Å²) in [5.41, 5.74) is 1.34. The molecule has 0 saturated heterocycles. The molecule has 0 amide bonds. The molecule has 0 saturated carbocycles. The molecule has 1 unspecified atom stereocenters. The van der Waals surface area contributed by atoms with Crippen molar-refractivity contribution in [1.29, 1.82) is 0 Å². The Kier molecular flexibility index (Phi) is 5.96. The van der Waals surface area contributed by atoms with Crippen molar-refractivity contribution in [3.8, 4) is 0 Å². The van der Waals surface area contributed by atoms with Gasteiger partial charge >= 0.3 is 0 Å². The third-order valence-electron chi connectivity index (χ3n) is 2.67. The molecule has 0 aromatic heterocycles. The van der Waals surface area contributed by atoms with Crippen LogP contribution in [0.25, 0.3) is 0 Å². The van der Waals surface area contributed by atoms with E-state index in [0.29, 0.717) is 6.04 Å². The third kappa shape index (κ3) is 4.35. The zero-order valence-electron chi connectivity index (χ0n) is 9.59. The minimum Gasteiger partial charge on any atom is -0.310 e. The second kappa shape index (κ2) is 7.02. The Balaban J connectivity index is 2.45. The first-order chi connectivity index (χ1) is 7.27. The summed E-state index contributed by atoms with van der Waals surface area (Å²) in [6.07, 6.45) is 3.72. The van der Waals surface area contributed by atoms with Crippen LogP contribution in [0.5, 0.6) is 0 Å². The molecule has 1 rings (SSSR count). The highest BCUT2D eigenvalue weighted by Crippen LogP contribution is 2.16. The first-order valence-corrected chi connectivity index (χ1v) is 6.54. The first-order valence-electron chi connectivity index (χ1n) is 5.74. The van der Waals surface area contributed by atoms with Gasteiger partial charge in [0.15, 0.2) is 0 Å². The molecule has 0 spiro atoms. The van der Waals surface area contributed by atoms with Gasteiger partial charge in [0.2, 0.25) is 0 Å². The highest BCUT2D eigenvalue weighted by Gasteiger charge is 2.05. The molecule has 1 aromatic carbocycles. The minimum absolute atomic E-state index is 0.655. The molecule has 0 aliphatic rings. The van der Waals surface area contributed by atoms with Crippen LogP contribution in [0, 0.1) is 0 Å². The largest absolute Gasteiger partial charge is 0.310 e. The summed E-state index contributed by atoms with van der Waals surface area (Å²) >= 11 is 3.57. The summed E-state index contributed by atoms with van der Waals surface area (Å²) in [5.74, 6) is 0. The third-order valence-corrected chi connectivity index (χ3v) is 3.44. The SMILES string of the molecule is CCCC(CC)NCc1ccccc1Br. The minimum atomic E-state index is 0.655. The molecular weight excluding hydrogens is 250 g/mol. The zero-order valence-corrected chi connectivity index (χ0v) is 11.2. The molecule has 2 heteroatoms. The molecule has 84 valence electrons. The highest BCUT2D eigenvalue weighted by molar-refractivity contribution is 9.10. The fraction of sp³-hybridized carbons (Fsp3) is 0.538. The monoisotopic (exact) mass is 269 g/mol. The second-order valence-electron chi connectivity index (χ2n) is 3.87. The van der Waals surface area contributed by atoms with Crippen LogP contribution in [0.1, 0.15) is 38.7 Å². The zero-order chi connectivity index (χ0) is 11.1. The van der Waals surface area contributed by atoms with Crippen LogP contribution in [0.3, 0.4) is 0 Å². The maximum atomic E-state index is 3.60. The predicted molar refractivity (Wildman–Crippen MR) is 70.0 cm³/mol. The molecule has 0 radical (unpaired) electrons. The second-order valence-corrected chi connectivity index (χ2v) is 4.72. The van der Waals surface area contributed by atoms with Crippen LogP contribution in [0.4, 0.5) is 0 Å². The lowest BCUT2D eigenvalue weighted by atomic mass is 10.1. The van der Waals surface area contributed by atoms with Crippen LogP contribution in [0.2, 0.25) is 0 Å². The summed E-state index contributed by atoms with van der Waals surface area (Å²) in [6, 6.07) is 9.05. The Morgan fingerprint density at radius 1 is 1.27 bits per heavy atom. The summed E-state index contributed by atoms with van der Waals surface area (Å²) < 4.78 is 1.20. The van der Waals surface area contributed by atoms with Crippen molar-refractivity contribution in [3.63, 3.8) is 0 Å². The fourth-order valence-corrected chi connectivity index (χ4v) is 2.12. The Morgan fingerprint density at radius 3 is 2.60 bits per heavy atom. The predicted octanol–water partition coefficient (Wildman–Crippen LogP) is 4.12. The average Bonchev–Trinajstić information content (AvgIpc) is 2.26. The number of benzene rings is 1. The summed E-state index contributed by atoms with van der Waals surface area (Å²) in [7, 11) is 0. The van der Waals surface area contributed by atoms with Gasteiger partial charge in [-0.3, -0.25) is 0 Å². The number of rotatable bonds is 6. The summed E-state index contributed by atoms with van der Waals surface area (Å²) in [6.45, 7) is 5.44. The van der Waals surface area contributed by atoms with Gasteiger partial charge in [-0.25, -0.2) is 0 Å². The smallest absolute Gasteiger partial charge is 0.0220 e. The molecule has 1 N–H and O–H groups in total. The molecule has 0 aliphatic carbocycles. The van der Waals surface area contributed by atoms with Gasteiger partial charge in [0.1, 0.15) is 0 Å². The molecule has 1 atom stereocenters. The van der Waals surface area contributed by atoms with Crippen molar-refractivity contribution < 1.29 is 0 Å². The number of nitrogens with one attached hydrogen (secondary N) is 1. The van der Waals surface area contributed by atoms with Crippen LogP contribution in [-0.2, 0) is 6.54 Å². The normalized spacial score (nSPS) is 12.7. The van der Waals surface area contributed by atoms with Gasteiger partial charge in [-0.15, -0.1) is 0 Å². The van der Waals surface area contributed by atoms with Gasteiger partial charge in [0.25, 0.3) is 0 Å². The molecule has 15 heavy (non-hydrogen) atoms.